The number of benzene rings is 1. The van der Waals surface area contributed by atoms with Gasteiger partial charge in [0.15, 0.2) is 0 Å². The first-order valence-electron chi connectivity index (χ1n) is 11.8. The SMILES string of the molecule is CCON=C1CCc2cc(OCCC(C)CCN3CCN(c4ccnc(N)c4)S3(=O)=O)ccc21. The van der Waals surface area contributed by atoms with Crippen molar-refractivity contribution < 1.29 is 18.0 Å². The number of aromatic nitrogens is 1. The summed E-state index contributed by atoms with van der Waals surface area (Å²) in [7, 11) is -3.54. The molecule has 2 aromatic rings. The van der Waals surface area contributed by atoms with Gasteiger partial charge in [-0.1, -0.05) is 12.1 Å². The standard InChI is InChI=1S/C24H33N5O4S/c1-3-33-27-23-7-4-19-16-21(5-6-22(19)23)32-15-10-18(2)9-12-28-13-14-29(34(28,30)31)20-8-11-26-24(25)17-20/h5-6,8,11,16-18H,3-4,7,9-10,12-15H2,1-2H3,(H2,25,26). The number of hydrogen-bond donors (Lipinski definition) is 1. The molecule has 4 rings (SSSR count). The molecular formula is C24H33N5O4S. The highest BCUT2D eigenvalue weighted by Crippen LogP contribution is 2.28. The van der Waals surface area contributed by atoms with Crippen molar-refractivity contribution in [3.63, 3.8) is 0 Å². The van der Waals surface area contributed by atoms with Crippen LogP contribution in [0.5, 0.6) is 5.75 Å². The van der Waals surface area contributed by atoms with Crippen LogP contribution in [0.3, 0.4) is 0 Å². The quantitative estimate of drug-likeness (QED) is 0.515. The third-order valence-corrected chi connectivity index (χ3v) is 8.25. The van der Waals surface area contributed by atoms with E-state index in [9.17, 15) is 8.42 Å². The van der Waals surface area contributed by atoms with E-state index in [1.807, 2.05) is 13.0 Å². The highest BCUT2D eigenvalue weighted by Gasteiger charge is 2.36. The fourth-order valence-electron chi connectivity index (χ4n) is 4.31. The van der Waals surface area contributed by atoms with Crippen molar-refractivity contribution >= 4 is 27.4 Å². The number of nitrogens with zero attached hydrogens (tertiary/aromatic N) is 4. The molecule has 9 nitrogen and oxygen atoms in total. The Morgan fingerprint density at radius 3 is 2.82 bits per heavy atom. The Hall–Kier alpha value is -2.85. The van der Waals surface area contributed by atoms with Crippen LogP contribution in [0.2, 0.25) is 0 Å². The fourth-order valence-corrected chi connectivity index (χ4v) is 5.93. The van der Waals surface area contributed by atoms with Gasteiger partial charge in [0, 0.05) is 37.5 Å². The largest absolute Gasteiger partial charge is 0.494 e. The highest BCUT2D eigenvalue weighted by atomic mass is 32.2. The molecule has 1 unspecified atom stereocenters. The van der Waals surface area contributed by atoms with Crippen molar-refractivity contribution in [1.82, 2.24) is 9.29 Å². The van der Waals surface area contributed by atoms with E-state index < -0.39 is 10.2 Å². The second-order valence-corrected chi connectivity index (χ2v) is 10.6. The summed E-state index contributed by atoms with van der Waals surface area (Å²) in [5.74, 6) is 1.50. The Bertz CT molecular complexity index is 1140. The number of oxime groups is 1. The molecule has 0 saturated carbocycles. The van der Waals surface area contributed by atoms with Crippen LogP contribution in [-0.2, 0) is 21.5 Å². The number of nitrogens with two attached hydrogens (primary N) is 1. The Kier molecular flexibility index (Phi) is 7.57. The summed E-state index contributed by atoms with van der Waals surface area (Å²) >= 11 is 0. The van der Waals surface area contributed by atoms with Gasteiger partial charge in [-0.2, -0.15) is 12.7 Å². The summed E-state index contributed by atoms with van der Waals surface area (Å²) in [5, 5.41) is 4.20. The monoisotopic (exact) mass is 487 g/mol. The van der Waals surface area contributed by atoms with Crippen LogP contribution in [0.15, 0.2) is 41.7 Å². The van der Waals surface area contributed by atoms with Crippen LogP contribution in [0.1, 0.15) is 44.2 Å². The summed E-state index contributed by atoms with van der Waals surface area (Å²) in [5.41, 5.74) is 9.66. The van der Waals surface area contributed by atoms with Crippen LogP contribution < -0.4 is 14.8 Å². The molecule has 0 spiro atoms. The molecule has 184 valence electrons. The van der Waals surface area contributed by atoms with E-state index in [4.69, 9.17) is 15.3 Å². The molecule has 1 aromatic carbocycles. The van der Waals surface area contributed by atoms with Crippen LogP contribution >= 0.6 is 0 Å². The van der Waals surface area contributed by atoms with Gasteiger partial charge in [-0.05, 0) is 68.4 Å². The van der Waals surface area contributed by atoms with Gasteiger partial charge in [0.25, 0.3) is 0 Å². The minimum atomic E-state index is -3.54. The van der Waals surface area contributed by atoms with Gasteiger partial charge in [0.05, 0.1) is 18.0 Å². The molecule has 2 N–H and O–H groups in total. The number of fused-ring (bicyclic) bond motifs is 1. The zero-order valence-corrected chi connectivity index (χ0v) is 20.6. The molecule has 2 heterocycles. The molecular weight excluding hydrogens is 454 g/mol. The van der Waals surface area contributed by atoms with E-state index >= 15 is 0 Å². The molecule has 1 aromatic heterocycles. The summed E-state index contributed by atoms with van der Waals surface area (Å²) in [6, 6.07) is 9.38. The lowest BCUT2D eigenvalue weighted by Gasteiger charge is -2.21. The fraction of sp³-hybridized carbons (Fsp3) is 0.500. The molecule has 1 atom stereocenters. The second kappa shape index (κ2) is 10.6. The average molecular weight is 488 g/mol. The molecule has 1 aliphatic heterocycles. The molecule has 0 bridgehead atoms. The van der Waals surface area contributed by atoms with Crippen molar-refractivity contribution in [3.05, 3.63) is 47.7 Å². The number of aryl methyl sites for hydroxylation is 1. The minimum absolute atomic E-state index is 0.308. The second-order valence-electron chi connectivity index (χ2n) is 8.72. The average Bonchev–Trinajstić information content (AvgIpc) is 3.35. The Labute approximate surface area is 201 Å². The van der Waals surface area contributed by atoms with Crippen LogP contribution in [0, 0.1) is 5.92 Å². The number of anilines is 2. The van der Waals surface area contributed by atoms with E-state index in [1.54, 1.807) is 16.4 Å². The van der Waals surface area contributed by atoms with Crippen LogP contribution in [-0.4, -0.2) is 56.3 Å². The molecule has 10 heteroatoms. The molecule has 34 heavy (non-hydrogen) atoms. The van der Waals surface area contributed by atoms with Gasteiger partial charge < -0.3 is 15.3 Å². The Morgan fingerprint density at radius 1 is 1.18 bits per heavy atom. The molecule has 2 aliphatic rings. The molecule has 1 fully saturated rings. The zero-order chi connectivity index (χ0) is 24.1. The van der Waals surface area contributed by atoms with Crippen molar-refractivity contribution in [3.8, 4) is 5.75 Å². The molecule has 0 radical (unpaired) electrons. The van der Waals surface area contributed by atoms with E-state index in [1.165, 1.54) is 16.1 Å². The lowest BCUT2D eigenvalue weighted by atomic mass is 10.0. The van der Waals surface area contributed by atoms with Gasteiger partial charge in [0.1, 0.15) is 18.2 Å². The first-order chi connectivity index (χ1) is 16.4. The zero-order valence-electron chi connectivity index (χ0n) is 19.8. The van der Waals surface area contributed by atoms with Gasteiger partial charge >= 0.3 is 10.2 Å². The maximum Gasteiger partial charge on any atom is 0.304 e. The van der Waals surface area contributed by atoms with Crippen LogP contribution in [0.25, 0.3) is 0 Å². The lowest BCUT2D eigenvalue weighted by Crippen LogP contribution is -2.34. The smallest absolute Gasteiger partial charge is 0.304 e. The van der Waals surface area contributed by atoms with Gasteiger partial charge in [-0.25, -0.2) is 4.98 Å². The molecule has 0 amide bonds. The maximum atomic E-state index is 12.9. The van der Waals surface area contributed by atoms with E-state index in [0.29, 0.717) is 50.3 Å². The van der Waals surface area contributed by atoms with Gasteiger partial charge in [0.2, 0.25) is 0 Å². The van der Waals surface area contributed by atoms with Crippen molar-refractivity contribution in [1.29, 1.82) is 0 Å². The summed E-state index contributed by atoms with van der Waals surface area (Å²) < 4.78 is 34.8. The topological polar surface area (TPSA) is 110 Å². The maximum absolute atomic E-state index is 12.9. The lowest BCUT2D eigenvalue weighted by molar-refractivity contribution is 0.158. The van der Waals surface area contributed by atoms with E-state index in [2.05, 4.69) is 29.2 Å². The van der Waals surface area contributed by atoms with Crippen molar-refractivity contribution in [2.24, 2.45) is 11.1 Å². The summed E-state index contributed by atoms with van der Waals surface area (Å²) in [6.07, 6.45) is 4.99. The number of pyridine rings is 1. The normalized spacial score (nSPS) is 19.4. The van der Waals surface area contributed by atoms with E-state index in [-0.39, 0.29) is 0 Å². The van der Waals surface area contributed by atoms with Gasteiger partial charge in [-0.15, -0.1) is 0 Å². The predicted molar refractivity (Wildman–Crippen MR) is 133 cm³/mol. The number of nitrogen functional groups attached to an aromatic ring is 1. The van der Waals surface area contributed by atoms with Crippen molar-refractivity contribution in [2.45, 2.75) is 39.5 Å². The first-order valence-corrected chi connectivity index (χ1v) is 13.2. The Balaban J connectivity index is 1.23. The summed E-state index contributed by atoms with van der Waals surface area (Å²) in [6.45, 7) is 6.59. The third-order valence-electron chi connectivity index (χ3n) is 6.28. The highest BCUT2D eigenvalue weighted by molar-refractivity contribution is 7.90. The predicted octanol–water partition coefficient (Wildman–Crippen LogP) is 3.21. The summed E-state index contributed by atoms with van der Waals surface area (Å²) in [4.78, 5) is 9.15. The molecule has 1 aliphatic carbocycles. The number of ether oxygens (including phenoxy) is 1. The number of hydrogen-bond acceptors (Lipinski definition) is 7. The number of rotatable bonds is 10. The van der Waals surface area contributed by atoms with Crippen molar-refractivity contribution in [2.75, 3.05) is 42.9 Å². The minimum Gasteiger partial charge on any atom is -0.494 e. The van der Waals surface area contributed by atoms with E-state index in [0.717, 1.165) is 42.7 Å². The third kappa shape index (κ3) is 5.44. The first kappa shape index (κ1) is 24.3. The Morgan fingerprint density at radius 2 is 2.03 bits per heavy atom. The van der Waals surface area contributed by atoms with Gasteiger partial charge in [-0.3, -0.25) is 4.31 Å². The molecule has 1 saturated heterocycles. The van der Waals surface area contributed by atoms with Crippen LogP contribution in [0.4, 0.5) is 11.5 Å².